The van der Waals surface area contributed by atoms with Gasteiger partial charge in [-0.3, -0.25) is 0 Å². The smallest absolute Gasteiger partial charge is 0.348 e. The van der Waals surface area contributed by atoms with Crippen LogP contribution in [0.3, 0.4) is 0 Å². The van der Waals surface area contributed by atoms with E-state index in [1.807, 2.05) is 49.4 Å². The zero-order valence-electron chi connectivity index (χ0n) is 20.0. The summed E-state index contributed by atoms with van der Waals surface area (Å²) in [4.78, 5) is 16.7. The Morgan fingerprint density at radius 2 is 1.76 bits per heavy atom. The van der Waals surface area contributed by atoms with Gasteiger partial charge in [0.25, 0.3) is 0 Å². The Labute approximate surface area is 200 Å². The Kier molecular flexibility index (Phi) is 7.56. The van der Waals surface area contributed by atoms with E-state index in [1.54, 1.807) is 19.1 Å². The first kappa shape index (κ1) is 23.9. The van der Waals surface area contributed by atoms with Crippen LogP contribution in [0.15, 0.2) is 59.0 Å². The van der Waals surface area contributed by atoms with Crippen molar-refractivity contribution >= 4 is 5.97 Å². The summed E-state index contributed by atoms with van der Waals surface area (Å²) in [5.41, 5.74) is 0.453. The molecule has 0 spiro atoms. The minimum absolute atomic E-state index is 0.236. The monoisotopic (exact) mass is 463 g/mol. The maximum absolute atomic E-state index is 11.9. The maximum Gasteiger partial charge on any atom is 0.348 e. The predicted octanol–water partition coefficient (Wildman–Crippen LogP) is 6.12. The molecule has 0 saturated heterocycles. The van der Waals surface area contributed by atoms with Gasteiger partial charge in [-0.05, 0) is 56.5 Å². The third-order valence-electron chi connectivity index (χ3n) is 6.47. The van der Waals surface area contributed by atoms with Gasteiger partial charge in [0.15, 0.2) is 5.89 Å². The number of hydrogen-bond acceptors (Lipinski definition) is 5. The number of carboxylic acids is 1. The Bertz CT molecular complexity index is 1070. The number of ether oxygens (including phenoxy) is 2. The van der Waals surface area contributed by atoms with Crippen molar-refractivity contribution in [2.45, 2.75) is 70.3 Å². The van der Waals surface area contributed by atoms with E-state index in [-0.39, 0.29) is 6.42 Å². The van der Waals surface area contributed by atoms with Crippen LogP contribution in [0.25, 0.3) is 0 Å². The lowest BCUT2D eigenvalue weighted by Crippen LogP contribution is -2.43. The molecular formula is C28H33NO5. The molecular weight excluding hydrogens is 430 g/mol. The Balaban J connectivity index is 1.31. The standard InChI is InChI=1S/C28H33NO5/c1-20-25(29-26(33-20)22-9-5-3-6-10-22)17-18-32-23-15-13-21(14-16-23)19-28(2,27(30)31)34-24-11-7-4-8-12-24/h4,7-8,11-16,22H,3,5-6,9-10,17-19H2,1-2H3,(H,30,31). The molecule has 1 atom stereocenters. The fraction of sp³-hybridized carbons (Fsp3) is 0.429. The summed E-state index contributed by atoms with van der Waals surface area (Å²) in [6, 6.07) is 16.5. The van der Waals surface area contributed by atoms with Crippen molar-refractivity contribution in [3.8, 4) is 11.5 Å². The van der Waals surface area contributed by atoms with Crippen LogP contribution in [0.1, 0.15) is 67.9 Å². The van der Waals surface area contributed by atoms with Crippen molar-refractivity contribution < 1.29 is 23.8 Å². The van der Waals surface area contributed by atoms with E-state index in [2.05, 4.69) is 0 Å². The number of aryl methyl sites for hydroxylation is 1. The van der Waals surface area contributed by atoms with Crippen molar-refractivity contribution in [2.75, 3.05) is 6.61 Å². The van der Waals surface area contributed by atoms with E-state index in [1.165, 1.54) is 32.1 Å². The highest BCUT2D eigenvalue weighted by Crippen LogP contribution is 2.33. The number of aromatic nitrogens is 1. The highest BCUT2D eigenvalue weighted by atomic mass is 16.5. The lowest BCUT2D eigenvalue weighted by atomic mass is 9.89. The van der Waals surface area contributed by atoms with Crippen LogP contribution < -0.4 is 9.47 Å². The molecule has 1 aromatic heterocycles. The lowest BCUT2D eigenvalue weighted by Gasteiger charge is -2.26. The summed E-state index contributed by atoms with van der Waals surface area (Å²) in [6.07, 6.45) is 7.07. The first-order valence-corrected chi connectivity index (χ1v) is 12.1. The predicted molar refractivity (Wildman–Crippen MR) is 130 cm³/mol. The van der Waals surface area contributed by atoms with Crippen molar-refractivity contribution in [1.29, 1.82) is 0 Å². The molecule has 34 heavy (non-hydrogen) atoms. The summed E-state index contributed by atoms with van der Waals surface area (Å²) >= 11 is 0. The van der Waals surface area contributed by atoms with Gasteiger partial charge in [0.1, 0.15) is 17.3 Å². The van der Waals surface area contributed by atoms with Crippen LogP contribution in [0, 0.1) is 6.92 Å². The summed E-state index contributed by atoms with van der Waals surface area (Å²) in [5, 5.41) is 9.78. The molecule has 1 aliphatic rings. The van der Waals surface area contributed by atoms with E-state index >= 15 is 0 Å². The second-order valence-electron chi connectivity index (χ2n) is 9.26. The minimum atomic E-state index is -1.37. The molecule has 2 aromatic carbocycles. The molecule has 6 nitrogen and oxygen atoms in total. The van der Waals surface area contributed by atoms with Crippen molar-refractivity contribution in [3.63, 3.8) is 0 Å². The van der Waals surface area contributed by atoms with Crippen LogP contribution in [0.2, 0.25) is 0 Å². The number of carbonyl (C=O) groups is 1. The molecule has 0 aliphatic heterocycles. The van der Waals surface area contributed by atoms with E-state index in [9.17, 15) is 9.90 Å². The van der Waals surface area contributed by atoms with Gasteiger partial charge in [-0.2, -0.15) is 0 Å². The number of hydrogen-bond donors (Lipinski definition) is 1. The summed E-state index contributed by atoms with van der Waals surface area (Å²) < 4.78 is 17.7. The summed E-state index contributed by atoms with van der Waals surface area (Å²) in [7, 11) is 0. The highest BCUT2D eigenvalue weighted by Gasteiger charge is 2.36. The molecule has 1 saturated carbocycles. The van der Waals surface area contributed by atoms with Gasteiger partial charge in [0.05, 0.1) is 12.3 Å². The Morgan fingerprint density at radius 1 is 1.06 bits per heavy atom. The van der Waals surface area contributed by atoms with Crippen LogP contribution in [0.5, 0.6) is 11.5 Å². The number of benzene rings is 2. The zero-order valence-corrected chi connectivity index (χ0v) is 20.0. The first-order valence-electron chi connectivity index (χ1n) is 12.1. The van der Waals surface area contributed by atoms with E-state index in [0.717, 1.165) is 28.7 Å². The normalized spacial score (nSPS) is 16.1. The van der Waals surface area contributed by atoms with Gasteiger partial charge < -0.3 is 19.0 Å². The lowest BCUT2D eigenvalue weighted by molar-refractivity contribution is -0.153. The Morgan fingerprint density at radius 3 is 2.44 bits per heavy atom. The second-order valence-corrected chi connectivity index (χ2v) is 9.26. The summed E-state index contributed by atoms with van der Waals surface area (Å²) in [5.74, 6) is 2.48. The fourth-order valence-corrected chi connectivity index (χ4v) is 4.47. The van der Waals surface area contributed by atoms with Gasteiger partial charge in [-0.1, -0.05) is 49.6 Å². The highest BCUT2D eigenvalue weighted by molar-refractivity contribution is 5.78. The molecule has 6 heteroatoms. The maximum atomic E-state index is 11.9. The zero-order chi connectivity index (χ0) is 24.0. The molecule has 0 bridgehead atoms. The number of rotatable bonds is 10. The molecule has 1 aliphatic carbocycles. The number of nitrogens with zero attached hydrogens (tertiary/aromatic N) is 1. The molecule has 3 aromatic rings. The van der Waals surface area contributed by atoms with E-state index in [4.69, 9.17) is 18.9 Å². The fourth-order valence-electron chi connectivity index (χ4n) is 4.47. The first-order chi connectivity index (χ1) is 16.4. The van der Waals surface area contributed by atoms with Gasteiger partial charge in [-0.25, -0.2) is 9.78 Å². The topological polar surface area (TPSA) is 81.8 Å². The van der Waals surface area contributed by atoms with E-state index in [0.29, 0.717) is 24.7 Å². The number of carboxylic acid groups (broad SMARTS) is 1. The number of para-hydroxylation sites is 1. The molecule has 1 unspecified atom stereocenters. The number of oxazole rings is 1. The molecule has 1 heterocycles. The quantitative estimate of drug-likeness (QED) is 0.390. The SMILES string of the molecule is Cc1oc(C2CCCCC2)nc1CCOc1ccc(CC(C)(Oc2ccccc2)C(=O)O)cc1. The third kappa shape index (κ3) is 5.99. The van der Waals surface area contributed by atoms with Crippen molar-refractivity contribution in [3.05, 3.63) is 77.5 Å². The van der Waals surface area contributed by atoms with Crippen LogP contribution >= 0.6 is 0 Å². The van der Waals surface area contributed by atoms with Crippen molar-refractivity contribution in [1.82, 2.24) is 4.98 Å². The number of aliphatic carboxylic acids is 1. The average Bonchev–Trinajstić information content (AvgIpc) is 3.22. The second kappa shape index (κ2) is 10.8. The molecule has 1 N–H and O–H groups in total. The molecule has 0 amide bonds. The average molecular weight is 464 g/mol. The minimum Gasteiger partial charge on any atom is -0.493 e. The summed E-state index contributed by atoms with van der Waals surface area (Å²) in [6.45, 7) is 4.07. The van der Waals surface area contributed by atoms with Gasteiger partial charge in [0, 0.05) is 18.8 Å². The molecule has 1 fully saturated rings. The van der Waals surface area contributed by atoms with Gasteiger partial charge in [-0.15, -0.1) is 0 Å². The largest absolute Gasteiger partial charge is 0.493 e. The Hall–Kier alpha value is -3.28. The van der Waals surface area contributed by atoms with Gasteiger partial charge >= 0.3 is 5.97 Å². The van der Waals surface area contributed by atoms with Gasteiger partial charge in [0.2, 0.25) is 5.60 Å². The third-order valence-corrected chi connectivity index (χ3v) is 6.47. The molecule has 4 rings (SSSR count). The molecule has 180 valence electrons. The van der Waals surface area contributed by atoms with Crippen LogP contribution in [-0.4, -0.2) is 28.3 Å². The van der Waals surface area contributed by atoms with Crippen LogP contribution in [-0.2, 0) is 17.6 Å². The van der Waals surface area contributed by atoms with Crippen molar-refractivity contribution in [2.24, 2.45) is 0 Å². The van der Waals surface area contributed by atoms with Crippen LogP contribution in [0.4, 0.5) is 0 Å². The van der Waals surface area contributed by atoms with E-state index < -0.39 is 11.6 Å². The molecule has 0 radical (unpaired) electrons.